The molecule has 2 N–H and O–H groups in total. The maximum absolute atomic E-state index is 12.9. The van der Waals surface area contributed by atoms with Gasteiger partial charge in [-0.15, -0.1) is 0 Å². The molecule has 30 heavy (non-hydrogen) atoms. The van der Waals surface area contributed by atoms with Crippen LogP contribution in [0.25, 0.3) is 5.76 Å². The second-order valence-corrected chi connectivity index (χ2v) is 6.98. The van der Waals surface area contributed by atoms with Crippen molar-refractivity contribution < 1.29 is 19.8 Å². The number of aromatic nitrogens is 3. The number of phenolic OH excluding ortho intramolecular Hbond substituents is 1. The molecule has 8 heteroatoms. The van der Waals surface area contributed by atoms with E-state index in [9.17, 15) is 19.8 Å². The number of aromatic hydroxyl groups is 1. The minimum absolute atomic E-state index is 0.000527. The highest BCUT2D eigenvalue weighted by Gasteiger charge is 2.45. The molecule has 1 fully saturated rings. The molecular weight excluding hydrogens is 384 g/mol. The zero-order chi connectivity index (χ0) is 21.1. The summed E-state index contributed by atoms with van der Waals surface area (Å²) in [5, 5.41) is 20.8. The number of carbonyl (C=O) groups is 2. The molecule has 1 atom stereocenters. The van der Waals surface area contributed by atoms with Crippen LogP contribution in [0.15, 0.2) is 73.1 Å². The molecule has 1 aliphatic heterocycles. The standard InChI is InChI=1S/C22H20N4O4/c27-17-4-1-3-16(13-17)19-18(20(28)15-5-7-23-8-6-15)21(29)22(30)26(19)11-2-10-25-12-9-24-14-25/h1,3-9,12-14,19,27-28H,2,10-11H2/b20-18+. The van der Waals surface area contributed by atoms with Gasteiger partial charge in [-0.1, -0.05) is 12.1 Å². The minimum atomic E-state index is -0.798. The quantitative estimate of drug-likeness (QED) is 0.371. The summed E-state index contributed by atoms with van der Waals surface area (Å²) in [6.07, 6.45) is 8.77. The molecule has 0 aliphatic carbocycles. The van der Waals surface area contributed by atoms with Gasteiger partial charge in [0.2, 0.25) is 0 Å². The first-order chi connectivity index (χ1) is 14.6. The lowest BCUT2D eigenvalue weighted by Gasteiger charge is -2.25. The molecule has 3 heterocycles. The third-order valence-electron chi connectivity index (χ3n) is 5.05. The number of imidazole rings is 1. The minimum Gasteiger partial charge on any atom is -0.508 e. The number of aryl methyl sites for hydroxylation is 1. The Hall–Kier alpha value is -3.94. The maximum atomic E-state index is 12.9. The Morgan fingerprint density at radius 1 is 1.03 bits per heavy atom. The first-order valence-electron chi connectivity index (χ1n) is 9.49. The highest BCUT2D eigenvalue weighted by atomic mass is 16.3. The second kappa shape index (κ2) is 8.20. The van der Waals surface area contributed by atoms with E-state index in [1.807, 2.05) is 10.8 Å². The lowest BCUT2D eigenvalue weighted by Crippen LogP contribution is -2.31. The van der Waals surface area contributed by atoms with Crippen LogP contribution in [-0.4, -0.2) is 47.9 Å². The zero-order valence-corrected chi connectivity index (χ0v) is 16.0. The van der Waals surface area contributed by atoms with Crippen LogP contribution >= 0.6 is 0 Å². The van der Waals surface area contributed by atoms with Crippen LogP contribution in [0.4, 0.5) is 0 Å². The van der Waals surface area contributed by atoms with Crippen LogP contribution in [0.3, 0.4) is 0 Å². The average molecular weight is 404 g/mol. The maximum Gasteiger partial charge on any atom is 0.295 e. The van der Waals surface area contributed by atoms with Gasteiger partial charge >= 0.3 is 0 Å². The van der Waals surface area contributed by atoms with Crippen molar-refractivity contribution in [3.8, 4) is 5.75 Å². The first kappa shape index (κ1) is 19.4. The number of rotatable bonds is 6. The Morgan fingerprint density at radius 3 is 2.53 bits per heavy atom. The predicted molar refractivity (Wildman–Crippen MR) is 108 cm³/mol. The summed E-state index contributed by atoms with van der Waals surface area (Å²) < 4.78 is 1.89. The number of hydrogen-bond donors (Lipinski definition) is 2. The fourth-order valence-corrected chi connectivity index (χ4v) is 3.66. The molecule has 0 bridgehead atoms. The summed E-state index contributed by atoms with van der Waals surface area (Å²) in [5.41, 5.74) is 0.943. The number of nitrogens with zero attached hydrogens (tertiary/aromatic N) is 4. The van der Waals surface area contributed by atoms with Gasteiger partial charge < -0.3 is 19.7 Å². The summed E-state index contributed by atoms with van der Waals surface area (Å²) in [6.45, 7) is 0.927. The molecule has 0 saturated carbocycles. The van der Waals surface area contributed by atoms with Crippen molar-refractivity contribution >= 4 is 17.4 Å². The summed E-state index contributed by atoms with van der Waals surface area (Å²) in [5.74, 6) is -1.67. The fraction of sp³-hybridized carbons (Fsp3) is 0.182. The molecule has 0 radical (unpaired) electrons. The van der Waals surface area contributed by atoms with E-state index in [-0.39, 0.29) is 17.1 Å². The van der Waals surface area contributed by atoms with Crippen LogP contribution in [-0.2, 0) is 16.1 Å². The molecule has 2 aromatic heterocycles. The number of likely N-dealkylation sites (tertiary alicyclic amines) is 1. The van der Waals surface area contributed by atoms with Gasteiger partial charge in [0.15, 0.2) is 0 Å². The van der Waals surface area contributed by atoms with E-state index in [0.717, 1.165) is 0 Å². The van der Waals surface area contributed by atoms with Gasteiger partial charge in [-0.25, -0.2) is 4.98 Å². The van der Waals surface area contributed by atoms with Crippen molar-refractivity contribution in [2.24, 2.45) is 0 Å². The summed E-state index contributed by atoms with van der Waals surface area (Å²) >= 11 is 0. The van der Waals surface area contributed by atoms with E-state index in [1.165, 1.54) is 29.4 Å². The topological polar surface area (TPSA) is 109 Å². The largest absolute Gasteiger partial charge is 0.508 e. The van der Waals surface area contributed by atoms with E-state index < -0.39 is 17.7 Å². The molecule has 8 nitrogen and oxygen atoms in total. The SMILES string of the molecule is O=C1C(=O)N(CCCn2ccnc2)C(c2cccc(O)c2)/C1=C(\O)c1ccncc1. The number of carbonyl (C=O) groups excluding carboxylic acids is 2. The van der Waals surface area contributed by atoms with Crippen LogP contribution in [0, 0.1) is 0 Å². The molecule has 152 valence electrons. The van der Waals surface area contributed by atoms with Crippen molar-refractivity contribution in [3.05, 3.63) is 84.2 Å². The molecule has 3 aromatic rings. The summed E-state index contributed by atoms with van der Waals surface area (Å²) in [7, 11) is 0. The Kier molecular flexibility index (Phi) is 5.30. The highest BCUT2D eigenvalue weighted by Crippen LogP contribution is 2.40. The number of phenols is 1. The monoisotopic (exact) mass is 404 g/mol. The fourth-order valence-electron chi connectivity index (χ4n) is 3.66. The van der Waals surface area contributed by atoms with Crippen molar-refractivity contribution in [2.45, 2.75) is 19.0 Å². The van der Waals surface area contributed by atoms with Gasteiger partial charge in [-0.2, -0.15) is 0 Å². The number of pyridine rings is 1. The van der Waals surface area contributed by atoms with Crippen LogP contribution in [0.2, 0.25) is 0 Å². The summed E-state index contributed by atoms with van der Waals surface area (Å²) in [4.78, 5) is 35.1. The van der Waals surface area contributed by atoms with Gasteiger partial charge in [-0.3, -0.25) is 14.6 Å². The van der Waals surface area contributed by atoms with Gasteiger partial charge in [0, 0.05) is 43.4 Å². The molecule has 0 spiro atoms. The molecular formula is C22H20N4O4. The number of aliphatic hydroxyl groups excluding tert-OH is 1. The predicted octanol–water partition coefficient (Wildman–Crippen LogP) is 2.50. The van der Waals surface area contributed by atoms with E-state index in [0.29, 0.717) is 30.6 Å². The third-order valence-corrected chi connectivity index (χ3v) is 5.05. The molecule has 1 unspecified atom stereocenters. The summed E-state index contributed by atoms with van der Waals surface area (Å²) in [6, 6.07) is 8.72. The van der Waals surface area contributed by atoms with Crippen molar-refractivity contribution in [1.29, 1.82) is 0 Å². The van der Waals surface area contributed by atoms with E-state index >= 15 is 0 Å². The Labute approximate surface area is 172 Å². The Morgan fingerprint density at radius 2 is 1.83 bits per heavy atom. The van der Waals surface area contributed by atoms with Crippen molar-refractivity contribution in [1.82, 2.24) is 19.4 Å². The Balaban J connectivity index is 1.73. The second-order valence-electron chi connectivity index (χ2n) is 6.98. The number of amides is 1. The van der Waals surface area contributed by atoms with Gasteiger partial charge in [0.25, 0.3) is 11.7 Å². The Bertz CT molecular complexity index is 1090. The normalized spacial score (nSPS) is 18.1. The molecule has 1 amide bonds. The van der Waals surface area contributed by atoms with Gasteiger partial charge in [-0.05, 0) is 36.2 Å². The van der Waals surface area contributed by atoms with E-state index in [1.54, 1.807) is 36.8 Å². The first-order valence-corrected chi connectivity index (χ1v) is 9.49. The molecule has 1 aliphatic rings. The lowest BCUT2D eigenvalue weighted by molar-refractivity contribution is -0.139. The van der Waals surface area contributed by atoms with Gasteiger partial charge in [0.1, 0.15) is 11.5 Å². The lowest BCUT2D eigenvalue weighted by atomic mass is 9.95. The number of aliphatic hydroxyl groups is 1. The van der Waals surface area contributed by atoms with Crippen LogP contribution < -0.4 is 0 Å². The number of hydrogen-bond acceptors (Lipinski definition) is 6. The van der Waals surface area contributed by atoms with E-state index in [4.69, 9.17) is 0 Å². The van der Waals surface area contributed by atoms with Crippen molar-refractivity contribution in [3.63, 3.8) is 0 Å². The van der Waals surface area contributed by atoms with Crippen LogP contribution in [0.1, 0.15) is 23.6 Å². The molecule has 1 saturated heterocycles. The van der Waals surface area contributed by atoms with Crippen LogP contribution in [0.5, 0.6) is 5.75 Å². The zero-order valence-electron chi connectivity index (χ0n) is 16.0. The highest BCUT2D eigenvalue weighted by molar-refractivity contribution is 6.46. The van der Waals surface area contributed by atoms with Crippen molar-refractivity contribution in [2.75, 3.05) is 6.54 Å². The number of ketones is 1. The molecule has 1 aromatic carbocycles. The smallest absolute Gasteiger partial charge is 0.295 e. The van der Waals surface area contributed by atoms with Gasteiger partial charge in [0.05, 0.1) is 17.9 Å². The molecule has 4 rings (SSSR count). The number of Topliss-reactive ketones (excluding diaryl/α,β-unsaturated/α-hetero) is 1. The number of benzene rings is 1. The van der Waals surface area contributed by atoms with E-state index in [2.05, 4.69) is 9.97 Å². The third kappa shape index (κ3) is 3.67. The average Bonchev–Trinajstić information content (AvgIpc) is 3.36.